The molecule has 0 aliphatic rings. The van der Waals surface area contributed by atoms with E-state index in [1.54, 1.807) is 18.2 Å². The average Bonchev–Trinajstić information content (AvgIpc) is 3.05. The molecule has 2 aromatic heterocycles. The van der Waals surface area contributed by atoms with Crippen molar-refractivity contribution < 1.29 is 18.4 Å². The van der Waals surface area contributed by atoms with Crippen LogP contribution in [0.3, 0.4) is 0 Å². The third-order valence-electron chi connectivity index (χ3n) is 5.45. The zero-order valence-corrected chi connectivity index (χ0v) is 19.1. The smallest absolute Gasteiger partial charge is 0.335 e. The first-order valence-electron chi connectivity index (χ1n) is 10.8. The molecule has 182 valence electrons. The predicted octanol–water partition coefficient (Wildman–Crippen LogP) is 1.89. The van der Waals surface area contributed by atoms with Gasteiger partial charge in [-0.3, -0.25) is 14.2 Å². The van der Waals surface area contributed by atoms with Gasteiger partial charge in [0, 0.05) is 24.2 Å². The van der Waals surface area contributed by atoms with Gasteiger partial charge < -0.3 is 9.74 Å². The van der Waals surface area contributed by atoms with Gasteiger partial charge in [0.1, 0.15) is 17.2 Å². The molecule has 9 nitrogen and oxygen atoms in total. The summed E-state index contributed by atoms with van der Waals surface area (Å²) in [6, 6.07) is 10.7. The quantitative estimate of drug-likeness (QED) is 0.338. The van der Waals surface area contributed by atoms with Gasteiger partial charge in [0.25, 0.3) is 5.56 Å². The Bertz CT molecular complexity index is 1490. The van der Waals surface area contributed by atoms with E-state index >= 15 is 0 Å². The lowest BCUT2D eigenvalue weighted by Crippen LogP contribution is -2.29. The number of carbonyl (C=O) groups excluding carboxylic acids is 1. The second kappa shape index (κ2) is 10.0. The average molecular weight is 483 g/mol. The van der Waals surface area contributed by atoms with Crippen molar-refractivity contribution in [1.82, 2.24) is 24.0 Å². The predicted molar refractivity (Wildman–Crippen MR) is 125 cm³/mol. The maximum atomic E-state index is 13.6. The van der Waals surface area contributed by atoms with Gasteiger partial charge >= 0.3 is 12.2 Å². The zero-order chi connectivity index (χ0) is 25.1. The minimum Gasteiger partial charge on any atom is -0.335 e. The number of imidazole rings is 1. The third kappa shape index (κ3) is 5.19. The number of hydrogen-bond acceptors (Lipinski definition) is 6. The SMILES string of the molecule is CN(C)CCCn1c(=O)n(OC=O)c2ccc(Cn3nc(-c4cc(F)cc(F)c4)ccc3=O)cc21. The van der Waals surface area contributed by atoms with Crippen molar-refractivity contribution in [2.24, 2.45) is 0 Å². The molecule has 4 rings (SSSR count). The van der Waals surface area contributed by atoms with Crippen molar-refractivity contribution in [2.75, 3.05) is 20.6 Å². The highest BCUT2D eigenvalue weighted by atomic mass is 19.1. The molecule has 0 saturated carbocycles. The van der Waals surface area contributed by atoms with Gasteiger partial charge in [0.2, 0.25) is 0 Å². The van der Waals surface area contributed by atoms with Crippen molar-refractivity contribution in [3.63, 3.8) is 0 Å². The van der Waals surface area contributed by atoms with E-state index in [-0.39, 0.29) is 24.3 Å². The molecule has 0 fully saturated rings. The molecule has 0 amide bonds. The van der Waals surface area contributed by atoms with Gasteiger partial charge in [-0.05, 0) is 63.0 Å². The van der Waals surface area contributed by atoms with Gasteiger partial charge in [-0.15, -0.1) is 4.73 Å². The molecule has 0 aliphatic heterocycles. The fraction of sp³-hybridized carbons (Fsp3) is 0.250. The van der Waals surface area contributed by atoms with E-state index in [4.69, 9.17) is 4.84 Å². The fourth-order valence-electron chi connectivity index (χ4n) is 3.87. The van der Waals surface area contributed by atoms with Crippen molar-refractivity contribution in [3.05, 3.63) is 86.6 Å². The fourth-order valence-corrected chi connectivity index (χ4v) is 3.87. The summed E-state index contributed by atoms with van der Waals surface area (Å²) < 4.78 is 30.9. The van der Waals surface area contributed by atoms with Gasteiger partial charge in [0.05, 0.1) is 17.8 Å². The van der Waals surface area contributed by atoms with Crippen LogP contribution in [-0.4, -0.2) is 51.1 Å². The minimum absolute atomic E-state index is 0.0476. The molecule has 0 unspecified atom stereocenters. The summed E-state index contributed by atoms with van der Waals surface area (Å²) >= 11 is 0. The number of halogens is 2. The summed E-state index contributed by atoms with van der Waals surface area (Å²) in [6.45, 7) is 1.38. The molecule has 11 heteroatoms. The zero-order valence-electron chi connectivity index (χ0n) is 19.1. The maximum Gasteiger partial charge on any atom is 0.362 e. The molecule has 0 radical (unpaired) electrons. The Kier molecular flexibility index (Phi) is 6.87. The van der Waals surface area contributed by atoms with Gasteiger partial charge in [0.15, 0.2) is 0 Å². The van der Waals surface area contributed by atoms with Crippen molar-refractivity contribution >= 4 is 17.5 Å². The van der Waals surface area contributed by atoms with Crippen molar-refractivity contribution in [2.45, 2.75) is 19.5 Å². The highest BCUT2D eigenvalue weighted by Gasteiger charge is 2.16. The summed E-state index contributed by atoms with van der Waals surface area (Å²) in [4.78, 5) is 43.1. The van der Waals surface area contributed by atoms with Gasteiger partial charge in [-0.2, -0.15) is 5.10 Å². The summed E-state index contributed by atoms with van der Waals surface area (Å²) in [7, 11) is 3.85. The Morgan fingerprint density at radius 3 is 2.43 bits per heavy atom. The van der Waals surface area contributed by atoms with Crippen LogP contribution in [0.1, 0.15) is 12.0 Å². The van der Waals surface area contributed by atoms with Crippen LogP contribution in [0.25, 0.3) is 22.3 Å². The van der Waals surface area contributed by atoms with Crippen LogP contribution in [0.2, 0.25) is 0 Å². The molecule has 0 aliphatic carbocycles. The van der Waals surface area contributed by atoms with E-state index in [1.807, 2.05) is 19.0 Å². The molecule has 0 atom stereocenters. The van der Waals surface area contributed by atoms with Crippen LogP contribution in [-0.2, 0) is 17.9 Å². The first-order valence-corrected chi connectivity index (χ1v) is 10.8. The Morgan fingerprint density at radius 2 is 1.74 bits per heavy atom. The summed E-state index contributed by atoms with van der Waals surface area (Å²) in [5.74, 6) is -1.50. The monoisotopic (exact) mass is 483 g/mol. The maximum absolute atomic E-state index is 13.6. The lowest BCUT2D eigenvalue weighted by molar-refractivity contribution is -0.129. The molecule has 2 aromatic carbocycles. The molecule has 4 aromatic rings. The van der Waals surface area contributed by atoms with Crippen molar-refractivity contribution in [3.8, 4) is 11.3 Å². The molecule has 0 N–H and O–H groups in total. The molecule has 0 bridgehead atoms. The van der Waals surface area contributed by atoms with E-state index in [1.165, 1.54) is 21.4 Å². The largest absolute Gasteiger partial charge is 0.362 e. The Morgan fingerprint density at radius 1 is 1.00 bits per heavy atom. The normalized spacial score (nSPS) is 11.3. The number of benzene rings is 2. The lowest BCUT2D eigenvalue weighted by atomic mass is 10.1. The van der Waals surface area contributed by atoms with Crippen molar-refractivity contribution in [1.29, 1.82) is 0 Å². The van der Waals surface area contributed by atoms with E-state index in [2.05, 4.69) is 5.10 Å². The highest BCUT2D eigenvalue weighted by molar-refractivity contribution is 5.77. The van der Waals surface area contributed by atoms with E-state index in [0.717, 1.165) is 29.5 Å². The topological polar surface area (TPSA) is 91.4 Å². The van der Waals surface area contributed by atoms with E-state index < -0.39 is 22.9 Å². The number of aryl methyl sites for hydroxylation is 1. The van der Waals surface area contributed by atoms with Crippen LogP contribution in [0.5, 0.6) is 0 Å². The number of nitrogens with zero attached hydrogens (tertiary/aromatic N) is 5. The first-order chi connectivity index (χ1) is 16.8. The Hall–Kier alpha value is -4.12. The molecular formula is C24H23F2N5O4. The number of hydrogen-bond donors (Lipinski definition) is 0. The van der Waals surface area contributed by atoms with Crippen LogP contribution >= 0.6 is 0 Å². The van der Waals surface area contributed by atoms with Crippen LogP contribution in [0, 0.1) is 11.6 Å². The van der Waals surface area contributed by atoms with Gasteiger partial charge in [-0.1, -0.05) is 6.07 Å². The lowest BCUT2D eigenvalue weighted by Gasteiger charge is -2.10. The summed E-state index contributed by atoms with van der Waals surface area (Å²) in [6.07, 6.45) is 0.685. The standard InChI is InChI=1S/C24H23F2N5O4/c1-28(2)8-3-9-29-22-10-16(4-6-21(22)31(24(29)34)35-15-32)14-30-23(33)7-5-20(27-30)17-11-18(25)13-19(26)12-17/h4-7,10-13,15H,3,8-9,14H2,1-2H3. The second-order valence-corrected chi connectivity index (χ2v) is 8.28. The van der Waals surface area contributed by atoms with Crippen LogP contribution in [0.15, 0.2) is 58.1 Å². The first kappa shape index (κ1) is 24.0. The molecule has 35 heavy (non-hydrogen) atoms. The number of carbonyl (C=O) groups is 1. The molecule has 0 spiro atoms. The number of rotatable bonds is 9. The van der Waals surface area contributed by atoms with E-state index in [9.17, 15) is 23.2 Å². The van der Waals surface area contributed by atoms with Gasteiger partial charge in [-0.25, -0.2) is 18.3 Å². The number of aromatic nitrogens is 4. The highest BCUT2D eigenvalue weighted by Crippen LogP contribution is 2.20. The summed E-state index contributed by atoms with van der Waals surface area (Å²) in [5, 5.41) is 4.26. The van der Waals surface area contributed by atoms with Crippen LogP contribution in [0.4, 0.5) is 8.78 Å². The second-order valence-electron chi connectivity index (χ2n) is 8.28. The Labute approximate surface area is 198 Å². The molecule has 0 saturated heterocycles. The molecular weight excluding hydrogens is 460 g/mol. The Balaban J connectivity index is 1.72. The minimum atomic E-state index is -0.751. The van der Waals surface area contributed by atoms with E-state index in [0.29, 0.717) is 29.6 Å². The molecule has 2 heterocycles. The third-order valence-corrected chi connectivity index (χ3v) is 5.45. The summed E-state index contributed by atoms with van der Waals surface area (Å²) in [5.41, 5.74) is 1.12. The number of fused-ring (bicyclic) bond motifs is 1. The van der Waals surface area contributed by atoms with Crippen LogP contribution < -0.4 is 16.1 Å².